The molecular formula is C16H15NO2. The van der Waals surface area contributed by atoms with Gasteiger partial charge in [-0.05, 0) is 35.7 Å². The molecule has 0 spiro atoms. The van der Waals surface area contributed by atoms with Gasteiger partial charge in [0, 0.05) is 17.7 Å². The van der Waals surface area contributed by atoms with Gasteiger partial charge in [-0.2, -0.15) is 0 Å². The van der Waals surface area contributed by atoms with E-state index in [2.05, 4.69) is 0 Å². The van der Waals surface area contributed by atoms with Crippen LogP contribution in [-0.2, 0) is 6.54 Å². The Morgan fingerprint density at radius 1 is 1.21 bits per heavy atom. The van der Waals surface area contributed by atoms with Crippen LogP contribution in [0.25, 0.3) is 11.1 Å². The summed E-state index contributed by atoms with van der Waals surface area (Å²) in [4.78, 5) is 22.3. The second-order valence-corrected chi connectivity index (χ2v) is 4.38. The molecule has 0 atom stereocenters. The van der Waals surface area contributed by atoms with Gasteiger partial charge in [0.15, 0.2) is 5.78 Å². The zero-order valence-corrected chi connectivity index (χ0v) is 10.7. The fraction of sp³-hybridized carbons (Fsp3) is 0.125. The molecule has 96 valence electrons. The van der Waals surface area contributed by atoms with Crippen LogP contribution in [0.2, 0.25) is 0 Å². The fourth-order valence-electron chi connectivity index (χ4n) is 2.02. The minimum Gasteiger partial charge on any atom is -0.326 e. The smallest absolute Gasteiger partial charge is 0.159 e. The molecule has 0 radical (unpaired) electrons. The standard InChI is InChI=1S/C16H15NO2/c1-11(19)13-5-6-15(9-17)16(8-13)14-4-2-3-12(7-14)10-18/h2-8,10H,9,17H2,1H3. The summed E-state index contributed by atoms with van der Waals surface area (Å²) in [5.41, 5.74) is 9.73. The van der Waals surface area contributed by atoms with Crippen LogP contribution >= 0.6 is 0 Å². The number of Topliss-reactive ketones (excluding diaryl/α,β-unsaturated/α-hetero) is 1. The van der Waals surface area contributed by atoms with Gasteiger partial charge >= 0.3 is 0 Å². The average molecular weight is 253 g/mol. The van der Waals surface area contributed by atoms with E-state index in [1.807, 2.05) is 24.3 Å². The lowest BCUT2D eigenvalue weighted by Crippen LogP contribution is -2.01. The van der Waals surface area contributed by atoms with E-state index in [9.17, 15) is 9.59 Å². The Balaban J connectivity index is 2.60. The van der Waals surface area contributed by atoms with Crippen molar-refractivity contribution in [1.82, 2.24) is 0 Å². The Hall–Kier alpha value is -2.26. The summed E-state index contributed by atoms with van der Waals surface area (Å²) in [6.45, 7) is 1.92. The lowest BCUT2D eigenvalue weighted by molar-refractivity contribution is 0.101. The molecule has 19 heavy (non-hydrogen) atoms. The number of hydrogen-bond acceptors (Lipinski definition) is 3. The fourth-order valence-corrected chi connectivity index (χ4v) is 2.02. The molecule has 0 saturated carbocycles. The van der Waals surface area contributed by atoms with Crippen molar-refractivity contribution in [3.8, 4) is 11.1 Å². The highest BCUT2D eigenvalue weighted by atomic mass is 16.1. The highest BCUT2D eigenvalue weighted by Gasteiger charge is 2.08. The number of ketones is 1. The van der Waals surface area contributed by atoms with Crippen LogP contribution in [0.3, 0.4) is 0 Å². The molecule has 0 bridgehead atoms. The topological polar surface area (TPSA) is 60.2 Å². The summed E-state index contributed by atoms with van der Waals surface area (Å²) >= 11 is 0. The first-order valence-corrected chi connectivity index (χ1v) is 6.05. The van der Waals surface area contributed by atoms with E-state index in [1.54, 1.807) is 18.2 Å². The Morgan fingerprint density at radius 3 is 2.63 bits per heavy atom. The summed E-state index contributed by atoms with van der Waals surface area (Å²) in [7, 11) is 0. The van der Waals surface area contributed by atoms with Crippen LogP contribution in [0.4, 0.5) is 0 Å². The van der Waals surface area contributed by atoms with E-state index in [0.29, 0.717) is 17.7 Å². The van der Waals surface area contributed by atoms with E-state index in [1.165, 1.54) is 6.92 Å². The number of rotatable bonds is 4. The molecule has 3 heteroatoms. The molecule has 0 fully saturated rings. The molecule has 2 aromatic rings. The number of carbonyl (C=O) groups excluding carboxylic acids is 2. The van der Waals surface area contributed by atoms with Crippen molar-refractivity contribution in [3.63, 3.8) is 0 Å². The predicted octanol–water partition coefficient (Wildman–Crippen LogP) is 2.83. The number of benzene rings is 2. The van der Waals surface area contributed by atoms with Gasteiger partial charge in [-0.3, -0.25) is 9.59 Å². The molecule has 0 amide bonds. The second-order valence-electron chi connectivity index (χ2n) is 4.38. The number of nitrogens with two attached hydrogens (primary N) is 1. The van der Waals surface area contributed by atoms with E-state index >= 15 is 0 Å². The Kier molecular flexibility index (Phi) is 3.88. The first kappa shape index (κ1) is 13.2. The molecule has 0 aliphatic carbocycles. The molecule has 2 N–H and O–H groups in total. The molecule has 0 aromatic heterocycles. The minimum atomic E-state index is 0.0105. The van der Waals surface area contributed by atoms with Gasteiger partial charge < -0.3 is 5.73 Å². The summed E-state index contributed by atoms with van der Waals surface area (Å²) in [5, 5.41) is 0. The van der Waals surface area contributed by atoms with Crippen molar-refractivity contribution in [2.45, 2.75) is 13.5 Å². The van der Waals surface area contributed by atoms with Crippen LogP contribution in [0.15, 0.2) is 42.5 Å². The van der Waals surface area contributed by atoms with Gasteiger partial charge in [-0.25, -0.2) is 0 Å². The summed E-state index contributed by atoms with van der Waals surface area (Å²) in [6, 6.07) is 12.7. The highest BCUT2D eigenvalue weighted by Crippen LogP contribution is 2.25. The maximum Gasteiger partial charge on any atom is 0.159 e. The molecule has 0 aliphatic rings. The van der Waals surface area contributed by atoms with Crippen LogP contribution in [0.1, 0.15) is 33.2 Å². The van der Waals surface area contributed by atoms with Crippen molar-refractivity contribution >= 4 is 12.1 Å². The molecule has 0 saturated heterocycles. The first-order valence-electron chi connectivity index (χ1n) is 6.05. The lowest BCUT2D eigenvalue weighted by atomic mass is 9.95. The van der Waals surface area contributed by atoms with E-state index in [4.69, 9.17) is 5.73 Å². The van der Waals surface area contributed by atoms with Gasteiger partial charge in [0.2, 0.25) is 0 Å². The zero-order chi connectivity index (χ0) is 13.8. The SMILES string of the molecule is CC(=O)c1ccc(CN)c(-c2cccc(C=O)c2)c1. The summed E-state index contributed by atoms with van der Waals surface area (Å²) < 4.78 is 0. The van der Waals surface area contributed by atoms with Gasteiger partial charge in [-0.15, -0.1) is 0 Å². The van der Waals surface area contributed by atoms with E-state index < -0.39 is 0 Å². The zero-order valence-electron chi connectivity index (χ0n) is 10.7. The Morgan fingerprint density at radius 2 is 2.00 bits per heavy atom. The normalized spacial score (nSPS) is 10.2. The van der Waals surface area contributed by atoms with Crippen molar-refractivity contribution in [3.05, 3.63) is 59.2 Å². The molecule has 0 unspecified atom stereocenters. The van der Waals surface area contributed by atoms with Gasteiger partial charge in [-0.1, -0.05) is 30.3 Å². The van der Waals surface area contributed by atoms with Crippen LogP contribution < -0.4 is 5.73 Å². The largest absolute Gasteiger partial charge is 0.326 e. The van der Waals surface area contributed by atoms with Crippen molar-refractivity contribution in [2.75, 3.05) is 0 Å². The average Bonchev–Trinajstić information content (AvgIpc) is 2.46. The first-order chi connectivity index (χ1) is 9.15. The van der Waals surface area contributed by atoms with Crippen molar-refractivity contribution in [1.29, 1.82) is 0 Å². The third kappa shape index (κ3) is 2.77. The number of carbonyl (C=O) groups is 2. The molecule has 0 heterocycles. The second kappa shape index (κ2) is 5.59. The van der Waals surface area contributed by atoms with Gasteiger partial charge in [0.25, 0.3) is 0 Å². The van der Waals surface area contributed by atoms with E-state index in [0.717, 1.165) is 23.0 Å². The predicted molar refractivity (Wildman–Crippen MR) is 75.2 cm³/mol. The van der Waals surface area contributed by atoms with Crippen molar-refractivity contribution < 1.29 is 9.59 Å². The molecule has 2 rings (SSSR count). The number of hydrogen-bond donors (Lipinski definition) is 1. The quantitative estimate of drug-likeness (QED) is 0.673. The summed E-state index contributed by atoms with van der Waals surface area (Å²) in [5.74, 6) is 0.0105. The van der Waals surface area contributed by atoms with Crippen molar-refractivity contribution in [2.24, 2.45) is 5.73 Å². The highest BCUT2D eigenvalue weighted by molar-refractivity contribution is 5.95. The molecule has 3 nitrogen and oxygen atoms in total. The minimum absolute atomic E-state index is 0.0105. The third-order valence-corrected chi connectivity index (χ3v) is 3.07. The van der Waals surface area contributed by atoms with Gasteiger partial charge in [0.05, 0.1) is 0 Å². The number of aldehydes is 1. The Labute approximate surface area is 112 Å². The Bertz CT molecular complexity index is 632. The maximum atomic E-state index is 11.5. The molecule has 2 aromatic carbocycles. The lowest BCUT2D eigenvalue weighted by Gasteiger charge is -2.10. The molecular weight excluding hydrogens is 238 g/mol. The van der Waals surface area contributed by atoms with Crippen LogP contribution in [0, 0.1) is 0 Å². The maximum absolute atomic E-state index is 11.5. The van der Waals surface area contributed by atoms with E-state index in [-0.39, 0.29) is 5.78 Å². The van der Waals surface area contributed by atoms with Crippen LogP contribution in [-0.4, -0.2) is 12.1 Å². The monoisotopic (exact) mass is 253 g/mol. The van der Waals surface area contributed by atoms with Gasteiger partial charge in [0.1, 0.15) is 6.29 Å². The van der Waals surface area contributed by atoms with Crippen LogP contribution in [0.5, 0.6) is 0 Å². The summed E-state index contributed by atoms with van der Waals surface area (Å²) in [6.07, 6.45) is 0.806. The molecule has 0 aliphatic heterocycles. The third-order valence-electron chi connectivity index (χ3n) is 3.07.